The average molecular weight is 770 g/mol. The zero-order valence-electron chi connectivity index (χ0n) is 33.4. The highest BCUT2D eigenvalue weighted by molar-refractivity contribution is 6.03. The lowest BCUT2D eigenvalue weighted by atomic mass is 9.43. The van der Waals surface area contributed by atoms with E-state index in [0.717, 1.165) is 40.4 Å². The van der Waals surface area contributed by atoms with Crippen molar-refractivity contribution < 1.29 is 0 Å². The molecule has 14 rings (SSSR count). The van der Waals surface area contributed by atoms with E-state index in [-0.39, 0.29) is 5.41 Å². The minimum Gasteiger partial charge on any atom is -0.208 e. The van der Waals surface area contributed by atoms with Crippen molar-refractivity contribution in [1.82, 2.24) is 15.0 Å². The molecule has 60 heavy (non-hydrogen) atoms. The summed E-state index contributed by atoms with van der Waals surface area (Å²) in [7, 11) is 0. The van der Waals surface area contributed by atoms with E-state index in [9.17, 15) is 0 Å². The maximum atomic E-state index is 5.13. The summed E-state index contributed by atoms with van der Waals surface area (Å²) in [5.41, 5.74) is 14.1. The molecule has 286 valence electrons. The average Bonchev–Trinajstić information content (AvgIpc) is 3.61. The van der Waals surface area contributed by atoms with Gasteiger partial charge in [-0.3, -0.25) is 0 Å². The van der Waals surface area contributed by atoms with Crippen molar-refractivity contribution in [3.8, 4) is 67.5 Å². The van der Waals surface area contributed by atoms with E-state index >= 15 is 0 Å². The van der Waals surface area contributed by atoms with E-state index in [0.29, 0.717) is 17.5 Å². The Morgan fingerprint density at radius 3 is 1.53 bits per heavy atom. The van der Waals surface area contributed by atoms with Crippen molar-refractivity contribution in [3.05, 3.63) is 187 Å². The Hall–Kier alpha value is -6.71. The van der Waals surface area contributed by atoms with Gasteiger partial charge in [0.2, 0.25) is 0 Å². The van der Waals surface area contributed by atoms with Crippen molar-refractivity contribution in [3.63, 3.8) is 0 Å². The lowest BCUT2D eigenvalue weighted by Gasteiger charge is -2.61. The Balaban J connectivity index is 0.888. The van der Waals surface area contributed by atoms with Crippen molar-refractivity contribution in [2.24, 2.45) is 23.7 Å². The van der Waals surface area contributed by atoms with E-state index in [4.69, 9.17) is 15.0 Å². The molecule has 8 aromatic carbocycles. The summed E-state index contributed by atoms with van der Waals surface area (Å²) >= 11 is 0. The van der Waals surface area contributed by atoms with Crippen LogP contribution >= 0.6 is 0 Å². The highest BCUT2D eigenvalue weighted by atomic mass is 15.0. The molecular formula is C57H43N3. The van der Waals surface area contributed by atoms with Gasteiger partial charge >= 0.3 is 0 Å². The SMILES string of the molecule is c1ccc(-c2nc(-c3ccc(-c4ccc5c(c4)C4(c6ccc7ccccc7c6-5)C5CC6CC(C5)CC4C6)cc3)nc(-c3ccc(-c4cccc5ccccc45)cc3)n2)cc1. The van der Waals surface area contributed by atoms with Gasteiger partial charge in [0.15, 0.2) is 17.5 Å². The lowest BCUT2D eigenvalue weighted by molar-refractivity contribution is -0.0399. The van der Waals surface area contributed by atoms with Crippen molar-refractivity contribution in [2.45, 2.75) is 37.5 Å². The van der Waals surface area contributed by atoms with Crippen molar-refractivity contribution >= 4 is 21.5 Å². The van der Waals surface area contributed by atoms with Gasteiger partial charge in [-0.15, -0.1) is 0 Å². The van der Waals surface area contributed by atoms with Gasteiger partial charge in [0.05, 0.1) is 0 Å². The highest BCUT2D eigenvalue weighted by Gasteiger charge is 2.61. The van der Waals surface area contributed by atoms with Crippen LogP contribution in [-0.2, 0) is 5.41 Å². The number of fused-ring (bicyclic) bond motifs is 6. The van der Waals surface area contributed by atoms with Crippen LogP contribution in [0.25, 0.3) is 89.1 Å². The molecule has 4 saturated carbocycles. The monoisotopic (exact) mass is 769 g/mol. The fourth-order valence-electron chi connectivity index (χ4n) is 12.6. The Morgan fingerprint density at radius 1 is 0.350 bits per heavy atom. The lowest BCUT2D eigenvalue weighted by Crippen LogP contribution is -2.55. The Labute approximate surface area is 350 Å². The van der Waals surface area contributed by atoms with Gasteiger partial charge in [-0.25, -0.2) is 15.0 Å². The van der Waals surface area contributed by atoms with E-state index in [1.54, 1.807) is 11.1 Å². The summed E-state index contributed by atoms with van der Waals surface area (Å²) in [5.74, 6) is 5.28. The minimum atomic E-state index is 0.111. The third-order valence-electron chi connectivity index (χ3n) is 14.9. The summed E-state index contributed by atoms with van der Waals surface area (Å²) in [4.78, 5) is 15.2. The summed E-state index contributed by atoms with van der Waals surface area (Å²) < 4.78 is 0. The second-order valence-corrected chi connectivity index (χ2v) is 18.0. The molecule has 9 aromatic rings. The fourth-order valence-corrected chi connectivity index (χ4v) is 12.6. The number of benzene rings is 8. The first kappa shape index (κ1) is 34.2. The maximum absolute atomic E-state index is 5.13. The first-order valence-electron chi connectivity index (χ1n) is 21.9. The molecule has 0 atom stereocenters. The molecule has 4 bridgehead atoms. The van der Waals surface area contributed by atoms with Crippen LogP contribution in [0.3, 0.4) is 0 Å². The molecule has 0 aliphatic heterocycles. The molecule has 3 nitrogen and oxygen atoms in total. The molecule has 1 spiro atoms. The summed E-state index contributed by atoms with van der Waals surface area (Å²) in [6.45, 7) is 0. The molecule has 0 radical (unpaired) electrons. The number of rotatable bonds is 5. The molecule has 1 heterocycles. The van der Waals surface area contributed by atoms with Crippen LogP contribution in [0.4, 0.5) is 0 Å². The predicted molar refractivity (Wildman–Crippen MR) is 245 cm³/mol. The Kier molecular flexibility index (Phi) is 7.49. The molecule has 0 saturated heterocycles. The summed E-state index contributed by atoms with van der Waals surface area (Å²) in [5, 5.41) is 5.24. The Morgan fingerprint density at radius 2 is 0.867 bits per heavy atom. The Bertz CT molecular complexity index is 3110. The molecule has 0 unspecified atom stereocenters. The molecule has 0 N–H and O–H groups in total. The van der Waals surface area contributed by atoms with Gasteiger partial charge in [-0.2, -0.15) is 0 Å². The van der Waals surface area contributed by atoms with E-state index in [1.165, 1.54) is 87.0 Å². The third-order valence-corrected chi connectivity index (χ3v) is 14.9. The third kappa shape index (κ3) is 5.11. The highest BCUT2D eigenvalue weighted by Crippen LogP contribution is 2.70. The molecule has 1 aromatic heterocycles. The van der Waals surface area contributed by atoms with Gasteiger partial charge in [0.1, 0.15) is 0 Å². The van der Waals surface area contributed by atoms with Crippen LogP contribution in [0.2, 0.25) is 0 Å². The minimum absolute atomic E-state index is 0.111. The van der Waals surface area contributed by atoms with Gasteiger partial charge in [-0.1, -0.05) is 170 Å². The van der Waals surface area contributed by atoms with Gasteiger partial charge in [0, 0.05) is 22.1 Å². The zero-order valence-corrected chi connectivity index (χ0v) is 33.4. The van der Waals surface area contributed by atoms with E-state index < -0.39 is 0 Å². The molecule has 4 fully saturated rings. The van der Waals surface area contributed by atoms with Gasteiger partial charge < -0.3 is 0 Å². The van der Waals surface area contributed by atoms with E-state index in [1.807, 2.05) is 18.2 Å². The number of nitrogens with zero attached hydrogens (tertiary/aromatic N) is 3. The van der Waals surface area contributed by atoms with Crippen LogP contribution in [0.1, 0.15) is 43.2 Å². The second kappa shape index (κ2) is 13.1. The van der Waals surface area contributed by atoms with Crippen molar-refractivity contribution in [1.29, 1.82) is 0 Å². The smallest absolute Gasteiger partial charge is 0.164 e. The largest absolute Gasteiger partial charge is 0.208 e. The molecule has 5 aliphatic carbocycles. The second-order valence-electron chi connectivity index (χ2n) is 18.0. The van der Waals surface area contributed by atoms with Crippen LogP contribution in [-0.4, -0.2) is 15.0 Å². The molecule has 5 aliphatic rings. The standard InChI is InChI=1S/C57H43N3/c1-2-11-41(12-3-1)54-58-55(60-56(59-54)43-23-19-40(20-24-43)48-16-8-13-38-9-4-6-14-47(38)48)42-21-17-37(18-22-42)44-25-27-50-52(34-44)57(45-30-35-29-36(32-45)33-46(57)31-35)51-28-26-39-10-5-7-15-49(39)53(50)51/h1-28,34-36,45-46H,29-33H2. The van der Waals surface area contributed by atoms with E-state index in [2.05, 4.69) is 158 Å². The van der Waals surface area contributed by atoms with Crippen LogP contribution in [0.5, 0.6) is 0 Å². The number of hydrogen-bond acceptors (Lipinski definition) is 3. The summed E-state index contributed by atoms with van der Waals surface area (Å²) in [6, 6.07) is 64.3. The fraction of sp³-hybridized carbons (Fsp3) is 0.175. The maximum Gasteiger partial charge on any atom is 0.164 e. The summed E-state index contributed by atoms with van der Waals surface area (Å²) in [6.07, 6.45) is 6.98. The number of aromatic nitrogens is 3. The van der Waals surface area contributed by atoms with Gasteiger partial charge in [-0.05, 0) is 128 Å². The first-order chi connectivity index (χ1) is 29.7. The van der Waals surface area contributed by atoms with Gasteiger partial charge in [0.25, 0.3) is 0 Å². The quantitative estimate of drug-likeness (QED) is 0.175. The van der Waals surface area contributed by atoms with Crippen LogP contribution in [0, 0.1) is 23.7 Å². The normalized spacial score (nSPS) is 22.1. The van der Waals surface area contributed by atoms with Crippen LogP contribution < -0.4 is 0 Å². The first-order valence-corrected chi connectivity index (χ1v) is 21.9. The van der Waals surface area contributed by atoms with Crippen LogP contribution in [0.15, 0.2) is 176 Å². The molecular weight excluding hydrogens is 727 g/mol. The predicted octanol–water partition coefficient (Wildman–Crippen LogP) is 14.2. The zero-order chi connectivity index (χ0) is 39.4. The number of hydrogen-bond donors (Lipinski definition) is 0. The molecule has 0 amide bonds. The molecule has 3 heteroatoms. The topological polar surface area (TPSA) is 38.7 Å². The van der Waals surface area contributed by atoms with Crippen molar-refractivity contribution in [2.75, 3.05) is 0 Å².